The summed E-state index contributed by atoms with van der Waals surface area (Å²) in [7, 11) is 2.56. The van der Waals surface area contributed by atoms with Crippen molar-refractivity contribution in [2.75, 3.05) is 20.8 Å². The minimum absolute atomic E-state index is 0.0365. The Morgan fingerprint density at radius 1 is 1.03 bits per heavy atom. The molecule has 0 spiro atoms. The van der Waals surface area contributed by atoms with Crippen LogP contribution >= 0.6 is 0 Å². The zero-order valence-corrected chi connectivity index (χ0v) is 20.4. The SMILES string of the molecule is COc1cc(-c2cc(=O)c3c(O)cc(O)c(C4O[C@H](CO)[C@@H](O)[C@H](O)[C@]4(O)C(C)=O)c3o2)cc(OC)c1O. The third kappa shape index (κ3) is 4.01. The van der Waals surface area contributed by atoms with Crippen molar-refractivity contribution in [3.63, 3.8) is 0 Å². The maximum Gasteiger partial charge on any atom is 0.200 e. The summed E-state index contributed by atoms with van der Waals surface area (Å²) in [5.41, 5.74) is -4.57. The van der Waals surface area contributed by atoms with Gasteiger partial charge in [0.1, 0.15) is 47.1 Å². The third-order valence-electron chi connectivity index (χ3n) is 6.63. The maximum atomic E-state index is 13.1. The molecular weight excluding hydrogens is 508 g/mol. The lowest BCUT2D eigenvalue weighted by atomic mass is 9.76. The fourth-order valence-electron chi connectivity index (χ4n) is 4.56. The number of methoxy groups -OCH3 is 2. The van der Waals surface area contributed by atoms with Gasteiger partial charge in [-0.3, -0.25) is 9.59 Å². The number of benzene rings is 2. The molecule has 2 aromatic carbocycles. The highest BCUT2D eigenvalue weighted by molar-refractivity contribution is 5.92. The van der Waals surface area contributed by atoms with Crippen LogP contribution in [0.1, 0.15) is 18.6 Å². The van der Waals surface area contributed by atoms with E-state index in [1.165, 1.54) is 26.4 Å². The molecule has 1 aliphatic heterocycles. The van der Waals surface area contributed by atoms with Crippen LogP contribution in [0.25, 0.3) is 22.3 Å². The van der Waals surface area contributed by atoms with Crippen molar-refractivity contribution in [3.8, 4) is 40.1 Å². The number of aliphatic hydroxyl groups excluding tert-OH is 3. The van der Waals surface area contributed by atoms with E-state index in [9.17, 15) is 45.3 Å². The Balaban J connectivity index is 2.07. The van der Waals surface area contributed by atoms with Gasteiger partial charge in [-0.2, -0.15) is 0 Å². The molecule has 13 heteroatoms. The second-order valence-electron chi connectivity index (χ2n) is 8.79. The zero-order chi connectivity index (χ0) is 28.1. The summed E-state index contributed by atoms with van der Waals surface area (Å²) in [6.45, 7) is 0.0591. The molecule has 2 heterocycles. The molecule has 1 aromatic heterocycles. The second kappa shape index (κ2) is 9.78. The molecule has 1 fully saturated rings. The van der Waals surface area contributed by atoms with Gasteiger partial charge in [-0.25, -0.2) is 0 Å². The molecule has 1 unspecified atom stereocenters. The number of ether oxygens (including phenoxy) is 3. The van der Waals surface area contributed by atoms with Gasteiger partial charge in [0.25, 0.3) is 0 Å². The van der Waals surface area contributed by atoms with E-state index in [1.807, 2.05) is 0 Å². The predicted molar refractivity (Wildman–Crippen MR) is 128 cm³/mol. The number of carbonyl (C=O) groups excluding carboxylic acids is 1. The van der Waals surface area contributed by atoms with Gasteiger partial charge in [0.05, 0.1) is 26.4 Å². The van der Waals surface area contributed by atoms with Crippen LogP contribution in [-0.4, -0.2) is 86.3 Å². The van der Waals surface area contributed by atoms with Crippen molar-refractivity contribution in [2.45, 2.75) is 36.9 Å². The normalized spacial score (nSPS) is 25.3. The molecule has 0 saturated carbocycles. The van der Waals surface area contributed by atoms with Gasteiger partial charge >= 0.3 is 0 Å². The fourth-order valence-corrected chi connectivity index (χ4v) is 4.56. The topological polar surface area (TPSA) is 217 Å². The highest BCUT2D eigenvalue weighted by atomic mass is 16.6. The number of carbonyl (C=O) groups is 1. The number of rotatable bonds is 6. The summed E-state index contributed by atoms with van der Waals surface area (Å²) in [5.74, 6) is -3.15. The van der Waals surface area contributed by atoms with E-state index in [0.29, 0.717) is 0 Å². The Morgan fingerprint density at radius 2 is 1.63 bits per heavy atom. The van der Waals surface area contributed by atoms with Crippen LogP contribution in [0.2, 0.25) is 0 Å². The lowest BCUT2D eigenvalue weighted by molar-refractivity contribution is -0.267. The lowest BCUT2D eigenvalue weighted by Gasteiger charge is -2.47. The second-order valence-corrected chi connectivity index (χ2v) is 8.79. The first kappa shape index (κ1) is 27.2. The molecule has 0 bridgehead atoms. The van der Waals surface area contributed by atoms with Crippen LogP contribution in [-0.2, 0) is 9.53 Å². The van der Waals surface area contributed by atoms with Crippen LogP contribution in [0, 0.1) is 0 Å². The summed E-state index contributed by atoms with van der Waals surface area (Å²) < 4.78 is 21.7. The highest BCUT2D eigenvalue weighted by Crippen LogP contribution is 2.48. The summed E-state index contributed by atoms with van der Waals surface area (Å²) >= 11 is 0. The van der Waals surface area contributed by atoms with Crippen molar-refractivity contribution in [3.05, 3.63) is 40.1 Å². The van der Waals surface area contributed by atoms with Crippen molar-refractivity contribution in [2.24, 2.45) is 0 Å². The van der Waals surface area contributed by atoms with Crippen LogP contribution in [0.5, 0.6) is 28.7 Å². The molecule has 0 radical (unpaired) electrons. The van der Waals surface area contributed by atoms with Gasteiger partial charge in [-0.05, 0) is 19.1 Å². The first-order chi connectivity index (χ1) is 17.9. The average Bonchev–Trinajstić information content (AvgIpc) is 2.87. The molecule has 204 valence electrons. The Bertz CT molecular complexity index is 1440. The summed E-state index contributed by atoms with van der Waals surface area (Å²) in [4.78, 5) is 25.7. The van der Waals surface area contributed by atoms with Crippen molar-refractivity contribution < 1.29 is 59.2 Å². The number of aliphatic hydroxyl groups is 4. The van der Waals surface area contributed by atoms with E-state index in [0.717, 1.165) is 19.1 Å². The zero-order valence-electron chi connectivity index (χ0n) is 20.4. The van der Waals surface area contributed by atoms with E-state index in [-0.39, 0.29) is 28.6 Å². The quantitative estimate of drug-likeness (QED) is 0.223. The Kier molecular flexibility index (Phi) is 6.99. The summed E-state index contributed by atoms with van der Waals surface area (Å²) in [6, 6.07) is 4.39. The number of Topliss-reactive ketones (excluding diaryl/α,β-unsaturated/α-hetero) is 1. The molecule has 3 aromatic rings. The molecule has 4 rings (SSSR count). The average molecular weight is 534 g/mol. The Morgan fingerprint density at radius 3 is 2.16 bits per heavy atom. The number of fused-ring (bicyclic) bond motifs is 1. The van der Waals surface area contributed by atoms with Crippen molar-refractivity contribution in [1.82, 2.24) is 0 Å². The minimum atomic E-state index is -2.87. The van der Waals surface area contributed by atoms with E-state index < -0.39 is 75.9 Å². The summed E-state index contributed by atoms with van der Waals surface area (Å²) in [6.07, 6.45) is -7.56. The molecule has 5 atom stereocenters. The number of hydrogen-bond acceptors (Lipinski definition) is 13. The highest BCUT2D eigenvalue weighted by Gasteiger charge is 2.59. The molecule has 0 aliphatic carbocycles. The number of phenols is 3. The van der Waals surface area contributed by atoms with Crippen molar-refractivity contribution >= 4 is 16.8 Å². The standard InChI is InChI=1S/C25H26O13/c1-9(27)25(34)23(33)21(32)17(8-26)38-24(25)19-12(29)6-11(28)18-13(30)7-14(37-22(18)19)10-4-15(35-2)20(31)16(5-10)36-3/h4-7,17,21,23-24,26,28-29,31-34H,8H2,1-3H3/t17-,21-,23+,24?,25-/m1/s1. The molecule has 38 heavy (non-hydrogen) atoms. The van der Waals surface area contributed by atoms with E-state index in [2.05, 4.69) is 0 Å². The molecule has 0 amide bonds. The molecule has 1 aliphatic rings. The minimum Gasteiger partial charge on any atom is -0.507 e. The van der Waals surface area contributed by atoms with Crippen LogP contribution in [0.15, 0.2) is 33.5 Å². The van der Waals surface area contributed by atoms with E-state index in [4.69, 9.17) is 18.6 Å². The van der Waals surface area contributed by atoms with Gasteiger partial charge in [-0.1, -0.05) is 0 Å². The van der Waals surface area contributed by atoms with Crippen LogP contribution < -0.4 is 14.9 Å². The third-order valence-corrected chi connectivity index (χ3v) is 6.63. The van der Waals surface area contributed by atoms with Gasteiger partial charge < -0.3 is 54.4 Å². The Hall–Kier alpha value is -3.88. The Labute approximate surface area is 214 Å². The van der Waals surface area contributed by atoms with Crippen LogP contribution in [0.3, 0.4) is 0 Å². The first-order valence-corrected chi connectivity index (χ1v) is 11.2. The first-order valence-electron chi connectivity index (χ1n) is 11.2. The van der Waals surface area contributed by atoms with Gasteiger partial charge in [0.15, 0.2) is 33.9 Å². The maximum absolute atomic E-state index is 13.1. The largest absolute Gasteiger partial charge is 0.507 e. The number of phenolic OH excluding ortho intramolecular Hbond substituents is 3. The monoisotopic (exact) mass is 534 g/mol. The predicted octanol–water partition coefficient (Wildman–Crippen LogP) is 0.0681. The number of ketones is 1. The number of hydrogen-bond donors (Lipinski definition) is 7. The smallest absolute Gasteiger partial charge is 0.200 e. The fraction of sp³-hybridized carbons (Fsp3) is 0.360. The molecule has 7 N–H and O–H groups in total. The van der Waals surface area contributed by atoms with Gasteiger partial charge in [0.2, 0.25) is 5.75 Å². The van der Waals surface area contributed by atoms with Gasteiger partial charge in [-0.15, -0.1) is 0 Å². The van der Waals surface area contributed by atoms with Crippen LogP contribution in [0.4, 0.5) is 0 Å². The van der Waals surface area contributed by atoms with Crippen molar-refractivity contribution in [1.29, 1.82) is 0 Å². The molecule has 13 nitrogen and oxygen atoms in total. The molecule has 1 saturated heterocycles. The van der Waals surface area contributed by atoms with Gasteiger partial charge in [0, 0.05) is 17.7 Å². The number of aromatic hydroxyl groups is 3. The van der Waals surface area contributed by atoms with E-state index >= 15 is 0 Å². The summed E-state index contributed by atoms with van der Waals surface area (Å²) in [5, 5.41) is 72.9. The lowest BCUT2D eigenvalue weighted by Crippen LogP contribution is -2.66. The molecular formula is C25H26O13. The van der Waals surface area contributed by atoms with E-state index in [1.54, 1.807) is 0 Å².